The summed E-state index contributed by atoms with van der Waals surface area (Å²) >= 11 is 0. The largest absolute Gasteiger partial charge is 0.374 e. The molecule has 3 rings (SSSR count). The molecule has 0 aromatic heterocycles. The molecule has 1 N–H and O–H groups in total. The molecule has 1 aliphatic carbocycles. The van der Waals surface area contributed by atoms with Crippen molar-refractivity contribution in [2.75, 3.05) is 18.5 Å². The van der Waals surface area contributed by atoms with Crippen molar-refractivity contribution >= 4 is 11.7 Å². The molecule has 0 radical (unpaired) electrons. The van der Waals surface area contributed by atoms with Crippen molar-refractivity contribution in [1.29, 1.82) is 0 Å². The van der Waals surface area contributed by atoms with E-state index in [1.54, 1.807) is 0 Å². The summed E-state index contributed by atoms with van der Waals surface area (Å²) in [5, 5.41) is 2.98. The van der Waals surface area contributed by atoms with Gasteiger partial charge in [-0.25, -0.2) is 4.79 Å². The number of rotatable bonds is 1. The van der Waals surface area contributed by atoms with Gasteiger partial charge in [-0.1, -0.05) is 31.0 Å². The van der Waals surface area contributed by atoms with Gasteiger partial charge in [0.2, 0.25) is 0 Å². The Morgan fingerprint density at radius 2 is 2.00 bits per heavy atom. The Morgan fingerprint density at radius 3 is 2.84 bits per heavy atom. The first kappa shape index (κ1) is 12.5. The number of anilines is 1. The summed E-state index contributed by atoms with van der Waals surface area (Å²) in [4.78, 5) is 14.3. The Balaban J connectivity index is 1.68. The Kier molecular flexibility index (Phi) is 3.69. The first-order chi connectivity index (χ1) is 9.34. The zero-order valence-electron chi connectivity index (χ0n) is 11.0. The number of amides is 2. The lowest BCUT2D eigenvalue weighted by molar-refractivity contribution is -0.0694. The van der Waals surface area contributed by atoms with E-state index in [0.717, 1.165) is 18.5 Å². The molecule has 2 amide bonds. The topological polar surface area (TPSA) is 41.6 Å². The van der Waals surface area contributed by atoms with Crippen LogP contribution in [0.3, 0.4) is 0 Å². The molecule has 1 saturated heterocycles. The summed E-state index contributed by atoms with van der Waals surface area (Å²) in [7, 11) is 0. The molecule has 0 bridgehead atoms. The van der Waals surface area contributed by atoms with E-state index in [-0.39, 0.29) is 18.2 Å². The van der Waals surface area contributed by atoms with Gasteiger partial charge in [0.25, 0.3) is 0 Å². The Morgan fingerprint density at radius 1 is 1.21 bits per heavy atom. The van der Waals surface area contributed by atoms with Gasteiger partial charge in [-0.3, -0.25) is 0 Å². The van der Waals surface area contributed by atoms with E-state index >= 15 is 0 Å². The highest BCUT2D eigenvalue weighted by molar-refractivity contribution is 5.89. The molecule has 1 heterocycles. The molecule has 1 aliphatic heterocycles. The second-order valence-corrected chi connectivity index (χ2v) is 5.25. The van der Waals surface area contributed by atoms with Gasteiger partial charge in [0.1, 0.15) is 0 Å². The molecule has 1 aromatic rings. The Labute approximate surface area is 113 Å². The average molecular weight is 260 g/mol. The van der Waals surface area contributed by atoms with Crippen LogP contribution in [0.2, 0.25) is 0 Å². The maximum atomic E-state index is 12.4. The van der Waals surface area contributed by atoms with Crippen LogP contribution in [0, 0.1) is 0 Å². The van der Waals surface area contributed by atoms with Crippen molar-refractivity contribution in [1.82, 2.24) is 4.90 Å². The number of hydrogen-bond donors (Lipinski definition) is 1. The average Bonchev–Trinajstić information content (AvgIpc) is 2.47. The number of fused-ring (bicyclic) bond motifs is 1. The molecular formula is C15H20N2O2. The van der Waals surface area contributed by atoms with Gasteiger partial charge < -0.3 is 15.0 Å². The maximum Gasteiger partial charge on any atom is 0.322 e. The van der Waals surface area contributed by atoms with E-state index in [0.29, 0.717) is 13.2 Å². The van der Waals surface area contributed by atoms with Gasteiger partial charge in [0, 0.05) is 12.2 Å². The molecule has 0 spiro atoms. The van der Waals surface area contributed by atoms with Crippen LogP contribution in [0.15, 0.2) is 30.3 Å². The van der Waals surface area contributed by atoms with E-state index in [1.165, 1.54) is 12.8 Å². The van der Waals surface area contributed by atoms with Crippen molar-refractivity contribution in [3.63, 3.8) is 0 Å². The SMILES string of the molecule is O=C(Nc1ccccc1)N1CCOC2CCCCC21. The third-order valence-corrected chi connectivity index (χ3v) is 4.02. The van der Waals surface area contributed by atoms with Crippen LogP contribution in [-0.4, -0.2) is 36.2 Å². The van der Waals surface area contributed by atoms with Gasteiger partial charge in [-0.15, -0.1) is 0 Å². The highest BCUT2D eigenvalue weighted by Crippen LogP contribution is 2.28. The van der Waals surface area contributed by atoms with Crippen LogP contribution in [0.25, 0.3) is 0 Å². The van der Waals surface area contributed by atoms with Gasteiger partial charge in [-0.2, -0.15) is 0 Å². The lowest BCUT2D eigenvalue weighted by Crippen LogP contribution is -2.55. The number of carbonyl (C=O) groups is 1. The van der Waals surface area contributed by atoms with Crippen molar-refractivity contribution in [2.45, 2.75) is 37.8 Å². The zero-order chi connectivity index (χ0) is 13.1. The van der Waals surface area contributed by atoms with Crippen LogP contribution >= 0.6 is 0 Å². The Hall–Kier alpha value is -1.55. The second kappa shape index (κ2) is 5.61. The minimum atomic E-state index is 0.00593. The second-order valence-electron chi connectivity index (χ2n) is 5.25. The monoisotopic (exact) mass is 260 g/mol. The molecule has 2 atom stereocenters. The molecule has 2 unspecified atom stereocenters. The summed E-state index contributed by atoms with van der Waals surface area (Å²) in [6.07, 6.45) is 4.80. The molecule has 4 nitrogen and oxygen atoms in total. The lowest BCUT2D eigenvalue weighted by atomic mass is 9.90. The van der Waals surface area contributed by atoms with E-state index in [4.69, 9.17) is 4.74 Å². The number of carbonyl (C=O) groups excluding carboxylic acids is 1. The Bertz CT molecular complexity index is 433. The molecule has 2 fully saturated rings. The summed E-state index contributed by atoms with van der Waals surface area (Å²) in [6, 6.07) is 9.89. The van der Waals surface area contributed by atoms with Crippen LogP contribution in [-0.2, 0) is 4.74 Å². The molecule has 1 saturated carbocycles. The summed E-state index contributed by atoms with van der Waals surface area (Å²) in [6.45, 7) is 1.35. The number of nitrogens with zero attached hydrogens (tertiary/aromatic N) is 1. The van der Waals surface area contributed by atoms with Crippen LogP contribution in [0.5, 0.6) is 0 Å². The first-order valence-corrected chi connectivity index (χ1v) is 7.09. The van der Waals surface area contributed by atoms with Crippen molar-refractivity contribution < 1.29 is 9.53 Å². The molecular weight excluding hydrogens is 240 g/mol. The van der Waals surface area contributed by atoms with Crippen LogP contribution in [0.1, 0.15) is 25.7 Å². The molecule has 1 aromatic carbocycles. The summed E-state index contributed by atoms with van der Waals surface area (Å²) in [5.74, 6) is 0. The highest BCUT2D eigenvalue weighted by Gasteiger charge is 2.36. The molecule has 4 heteroatoms. The highest BCUT2D eigenvalue weighted by atomic mass is 16.5. The van der Waals surface area contributed by atoms with E-state index < -0.39 is 0 Å². The van der Waals surface area contributed by atoms with Crippen LogP contribution in [0.4, 0.5) is 10.5 Å². The normalized spacial score (nSPS) is 26.6. The quantitative estimate of drug-likeness (QED) is 0.843. The summed E-state index contributed by atoms with van der Waals surface area (Å²) < 4.78 is 5.79. The number of urea groups is 1. The number of ether oxygens (including phenoxy) is 1. The van der Waals surface area contributed by atoms with Crippen molar-refractivity contribution in [2.24, 2.45) is 0 Å². The number of nitrogens with one attached hydrogen (secondary N) is 1. The van der Waals surface area contributed by atoms with E-state index in [1.807, 2.05) is 35.2 Å². The lowest BCUT2D eigenvalue weighted by Gasteiger charge is -2.43. The van der Waals surface area contributed by atoms with Gasteiger partial charge >= 0.3 is 6.03 Å². The smallest absolute Gasteiger partial charge is 0.322 e. The fraction of sp³-hybridized carbons (Fsp3) is 0.533. The van der Waals surface area contributed by atoms with Gasteiger partial charge in [0.15, 0.2) is 0 Å². The van der Waals surface area contributed by atoms with Crippen molar-refractivity contribution in [3.8, 4) is 0 Å². The number of para-hydroxylation sites is 1. The van der Waals surface area contributed by atoms with Gasteiger partial charge in [0.05, 0.1) is 18.8 Å². The van der Waals surface area contributed by atoms with Gasteiger partial charge in [-0.05, 0) is 25.0 Å². The van der Waals surface area contributed by atoms with E-state index in [2.05, 4.69) is 5.32 Å². The third-order valence-electron chi connectivity index (χ3n) is 4.02. The molecule has 2 aliphatic rings. The number of benzene rings is 1. The number of hydrogen-bond acceptors (Lipinski definition) is 2. The first-order valence-electron chi connectivity index (χ1n) is 7.09. The minimum Gasteiger partial charge on any atom is -0.374 e. The molecule has 102 valence electrons. The third kappa shape index (κ3) is 2.73. The predicted molar refractivity (Wildman–Crippen MR) is 74.2 cm³/mol. The fourth-order valence-corrected chi connectivity index (χ4v) is 3.07. The standard InChI is InChI=1S/C15H20N2O2/c18-15(16-12-6-2-1-3-7-12)17-10-11-19-14-9-5-4-8-13(14)17/h1-3,6-7,13-14H,4-5,8-11H2,(H,16,18). The minimum absolute atomic E-state index is 0.00593. The molecule has 19 heavy (non-hydrogen) atoms. The zero-order valence-corrected chi connectivity index (χ0v) is 11.0. The van der Waals surface area contributed by atoms with Crippen LogP contribution < -0.4 is 5.32 Å². The predicted octanol–water partition coefficient (Wildman–Crippen LogP) is 2.86. The van der Waals surface area contributed by atoms with Crippen molar-refractivity contribution in [3.05, 3.63) is 30.3 Å². The maximum absolute atomic E-state index is 12.4. The summed E-state index contributed by atoms with van der Waals surface area (Å²) in [5.41, 5.74) is 0.853. The number of morpholine rings is 1. The van der Waals surface area contributed by atoms with E-state index in [9.17, 15) is 4.79 Å². The fourth-order valence-electron chi connectivity index (χ4n) is 3.07.